The van der Waals surface area contributed by atoms with Gasteiger partial charge in [0.05, 0.1) is 12.1 Å². The number of rotatable bonds is 6. The SMILES string of the molecule is COCCC(N)C(=O)NC(C)c1nnc2n1CCCCC2. The summed E-state index contributed by atoms with van der Waals surface area (Å²) in [6.07, 6.45) is 4.96. The molecule has 2 heterocycles. The summed E-state index contributed by atoms with van der Waals surface area (Å²) >= 11 is 0. The Labute approximate surface area is 125 Å². The number of hydrogen-bond acceptors (Lipinski definition) is 5. The van der Waals surface area contributed by atoms with Crippen molar-refractivity contribution in [2.45, 2.75) is 57.7 Å². The van der Waals surface area contributed by atoms with Gasteiger partial charge in [-0.1, -0.05) is 6.42 Å². The minimum Gasteiger partial charge on any atom is -0.385 e. The molecule has 2 rings (SSSR count). The molecule has 118 valence electrons. The Morgan fingerprint density at radius 1 is 1.43 bits per heavy atom. The van der Waals surface area contributed by atoms with E-state index in [1.807, 2.05) is 6.92 Å². The fourth-order valence-corrected chi connectivity index (χ4v) is 2.59. The summed E-state index contributed by atoms with van der Waals surface area (Å²) < 4.78 is 7.08. The van der Waals surface area contributed by atoms with Gasteiger partial charge in [-0.15, -0.1) is 10.2 Å². The van der Waals surface area contributed by atoms with Crippen molar-refractivity contribution in [2.24, 2.45) is 5.73 Å². The van der Waals surface area contributed by atoms with Crippen LogP contribution in [0.2, 0.25) is 0 Å². The number of nitrogens with two attached hydrogens (primary N) is 1. The van der Waals surface area contributed by atoms with Gasteiger partial charge in [-0.2, -0.15) is 0 Å². The molecular formula is C14H25N5O2. The molecule has 0 saturated heterocycles. The maximum Gasteiger partial charge on any atom is 0.237 e. The van der Waals surface area contributed by atoms with Gasteiger partial charge in [0.2, 0.25) is 5.91 Å². The van der Waals surface area contributed by atoms with Gasteiger partial charge in [-0.05, 0) is 26.2 Å². The molecule has 1 aliphatic heterocycles. The zero-order chi connectivity index (χ0) is 15.2. The molecule has 1 amide bonds. The highest BCUT2D eigenvalue weighted by atomic mass is 16.5. The maximum absolute atomic E-state index is 12.0. The van der Waals surface area contributed by atoms with E-state index in [4.69, 9.17) is 10.5 Å². The highest BCUT2D eigenvalue weighted by Gasteiger charge is 2.22. The minimum atomic E-state index is -0.557. The number of hydrogen-bond donors (Lipinski definition) is 2. The summed E-state index contributed by atoms with van der Waals surface area (Å²) in [7, 11) is 1.60. The molecule has 0 bridgehead atoms. The van der Waals surface area contributed by atoms with Crippen molar-refractivity contribution < 1.29 is 9.53 Å². The Hall–Kier alpha value is -1.47. The highest BCUT2D eigenvalue weighted by molar-refractivity contribution is 5.81. The summed E-state index contributed by atoms with van der Waals surface area (Å²) in [5, 5.41) is 11.4. The van der Waals surface area contributed by atoms with Gasteiger partial charge < -0.3 is 20.4 Å². The van der Waals surface area contributed by atoms with Gasteiger partial charge >= 0.3 is 0 Å². The number of amides is 1. The number of carbonyl (C=O) groups excluding carboxylic acids is 1. The van der Waals surface area contributed by atoms with E-state index in [9.17, 15) is 4.79 Å². The number of ether oxygens (including phenoxy) is 1. The highest BCUT2D eigenvalue weighted by Crippen LogP contribution is 2.18. The Bertz CT molecular complexity index is 474. The number of fused-ring (bicyclic) bond motifs is 1. The maximum atomic E-state index is 12.0. The van der Waals surface area contributed by atoms with Crippen LogP contribution in [-0.2, 0) is 22.5 Å². The summed E-state index contributed by atoms with van der Waals surface area (Å²) in [6, 6.07) is -0.746. The monoisotopic (exact) mass is 295 g/mol. The van der Waals surface area contributed by atoms with Crippen LogP contribution >= 0.6 is 0 Å². The summed E-state index contributed by atoms with van der Waals surface area (Å²) in [6.45, 7) is 3.32. The van der Waals surface area contributed by atoms with Crippen LogP contribution in [0.25, 0.3) is 0 Å². The van der Waals surface area contributed by atoms with Crippen LogP contribution in [0, 0.1) is 0 Å². The van der Waals surface area contributed by atoms with Gasteiger partial charge in [0, 0.05) is 26.7 Å². The van der Waals surface area contributed by atoms with E-state index in [2.05, 4.69) is 20.1 Å². The van der Waals surface area contributed by atoms with Gasteiger partial charge in [0.25, 0.3) is 0 Å². The second-order valence-corrected chi connectivity index (χ2v) is 5.55. The zero-order valence-electron chi connectivity index (χ0n) is 12.8. The van der Waals surface area contributed by atoms with Gasteiger partial charge in [-0.25, -0.2) is 0 Å². The number of carbonyl (C=O) groups is 1. The molecule has 1 aliphatic rings. The lowest BCUT2D eigenvalue weighted by Gasteiger charge is -2.18. The first-order valence-electron chi connectivity index (χ1n) is 7.60. The van der Waals surface area contributed by atoms with E-state index in [0.29, 0.717) is 13.0 Å². The van der Waals surface area contributed by atoms with Crippen LogP contribution in [0.5, 0.6) is 0 Å². The number of aryl methyl sites for hydroxylation is 1. The van der Waals surface area contributed by atoms with E-state index in [1.54, 1.807) is 7.11 Å². The van der Waals surface area contributed by atoms with E-state index in [0.717, 1.165) is 37.5 Å². The van der Waals surface area contributed by atoms with E-state index in [-0.39, 0.29) is 11.9 Å². The molecule has 1 aromatic rings. The molecule has 1 aromatic heterocycles. The fraction of sp³-hybridized carbons (Fsp3) is 0.786. The average Bonchev–Trinajstić information content (AvgIpc) is 2.73. The van der Waals surface area contributed by atoms with Crippen LogP contribution in [-0.4, -0.2) is 40.4 Å². The Morgan fingerprint density at radius 2 is 2.24 bits per heavy atom. The molecular weight excluding hydrogens is 270 g/mol. The molecule has 0 spiro atoms. The van der Waals surface area contributed by atoms with Crippen molar-refractivity contribution in [1.82, 2.24) is 20.1 Å². The van der Waals surface area contributed by atoms with E-state index >= 15 is 0 Å². The Balaban J connectivity index is 1.98. The van der Waals surface area contributed by atoms with E-state index < -0.39 is 6.04 Å². The molecule has 2 atom stereocenters. The third kappa shape index (κ3) is 4.01. The summed E-state index contributed by atoms with van der Waals surface area (Å²) in [5.74, 6) is 1.66. The summed E-state index contributed by atoms with van der Waals surface area (Å²) in [5.41, 5.74) is 5.83. The largest absolute Gasteiger partial charge is 0.385 e. The lowest BCUT2D eigenvalue weighted by Crippen LogP contribution is -2.42. The van der Waals surface area contributed by atoms with Crippen molar-refractivity contribution in [3.63, 3.8) is 0 Å². The van der Waals surface area contributed by atoms with Crippen molar-refractivity contribution >= 4 is 5.91 Å². The second-order valence-electron chi connectivity index (χ2n) is 5.55. The molecule has 7 heteroatoms. The number of aromatic nitrogens is 3. The molecule has 0 saturated carbocycles. The predicted octanol–water partition coefficient (Wildman–Crippen LogP) is 0.546. The topological polar surface area (TPSA) is 95.1 Å². The van der Waals surface area contributed by atoms with Crippen LogP contribution in [0.3, 0.4) is 0 Å². The lowest BCUT2D eigenvalue weighted by atomic mass is 10.2. The summed E-state index contributed by atoms with van der Waals surface area (Å²) in [4.78, 5) is 12.0. The Kier molecular flexibility index (Phi) is 5.69. The number of methoxy groups -OCH3 is 1. The minimum absolute atomic E-state index is 0.175. The third-order valence-corrected chi connectivity index (χ3v) is 3.85. The normalized spacial score (nSPS) is 17.7. The number of nitrogens with zero attached hydrogens (tertiary/aromatic N) is 3. The quantitative estimate of drug-likeness (QED) is 0.799. The zero-order valence-corrected chi connectivity index (χ0v) is 12.8. The fourth-order valence-electron chi connectivity index (χ4n) is 2.59. The lowest BCUT2D eigenvalue weighted by molar-refractivity contribution is -0.123. The first-order chi connectivity index (χ1) is 10.1. The molecule has 21 heavy (non-hydrogen) atoms. The Morgan fingerprint density at radius 3 is 3.00 bits per heavy atom. The second kappa shape index (κ2) is 7.51. The van der Waals surface area contributed by atoms with Crippen molar-refractivity contribution in [2.75, 3.05) is 13.7 Å². The van der Waals surface area contributed by atoms with Gasteiger partial charge in [-0.3, -0.25) is 4.79 Å². The van der Waals surface area contributed by atoms with E-state index in [1.165, 1.54) is 6.42 Å². The molecule has 0 fully saturated rings. The van der Waals surface area contributed by atoms with Crippen LogP contribution in [0.4, 0.5) is 0 Å². The van der Waals surface area contributed by atoms with Crippen molar-refractivity contribution in [3.8, 4) is 0 Å². The standard InChI is InChI=1S/C14H25N5O2/c1-10(16-14(20)11(15)7-9-21-2)13-18-17-12-6-4-3-5-8-19(12)13/h10-11H,3-9,15H2,1-2H3,(H,16,20). The molecule has 7 nitrogen and oxygen atoms in total. The molecule has 2 unspecified atom stereocenters. The molecule has 0 aliphatic carbocycles. The smallest absolute Gasteiger partial charge is 0.237 e. The van der Waals surface area contributed by atoms with Crippen molar-refractivity contribution in [3.05, 3.63) is 11.6 Å². The van der Waals surface area contributed by atoms with Gasteiger partial charge in [0.1, 0.15) is 5.82 Å². The van der Waals surface area contributed by atoms with Crippen LogP contribution in [0.15, 0.2) is 0 Å². The van der Waals surface area contributed by atoms with Crippen LogP contribution in [0.1, 0.15) is 50.3 Å². The molecule has 3 N–H and O–H groups in total. The average molecular weight is 295 g/mol. The number of nitrogens with one attached hydrogen (secondary N) is 1. The first-order valence-corrected chi connectivity index (χ1v) is 7.60. The van der Waals surface area contributed by atoms with Crippen molar-refractivity contribution in [1.29, 1.82) is 0 Å². The van der Waals surface area contributed by atoms with Gasteiger partial charge in [0.15, 0.2) is 5.82 Å². The molecule has 0 aromatic carbocycles. The first kappa shape index (κ1) is 15.9. The molecule has 0 radical (unpaired) electrons. The van der Waals surface area contributed by atoms with Crippen LogP contribution < -0.4 is 11.1 Å². The third-order valence-electron chi connectivity index (χ3n) is 3.85. The predicted molar refractivity (Wildman–Crippen MR) is 78.6 cm³/mol.